The number of hydrogen-bond acceptors (Lipinski definition) is 6. The van der Waals surface area contributed by atoms with Gasteiger partial charge in [-0.05, 0) is 44.4 Å². The second-order valence-electron chi connectivity index (χ2n) is 7.47. The molecule has 0 unspecified atom stereocenters. The van der Waals surface area contributed by atoms with E-state index in [1.165, 1.54) is 0 Å². The summed E-state index contributed by atoms with van der Waals surface area (Å²) in [7, 11) is -3.09. The van der Waals surface area contributed by atoms with Crippen LogP contribution in [0.15, 0.2) is 25.8 Å². The summed E-state index contributed by atoms with van der Waals surface area (Å²) in [6.45, 7) is 5.63. The Labute approximate surface area is 161 Å². The molecular formula is C20H21NO6S. The van der Waals surface area contributed by atoms with Crippen molar-refractivity contribution in [2.75, 3.05) is 11.5 Å². The number of furan rings is 1. The van der Waals surface area contributed by atoms with Gasteiger partial charge < -0.3 is 14.2 Å². The van der Waals surface area contributed by atoms with Crippen LogP contribution in [0.3, 0.4) is 0 Å². The lowest BCUT2D eigenvalue weighted by atomic mass is 10.0. The Morgan fingerprint density at radius 1 is 1.11 bits per heavy atom. The molecule has 1 amide bonds. The van der Waals surface area contributed by atoms with E-state index >= 15 is 0 Å². The fourth-order valence-corrected chi connectivity index (χ4v) is 5.45. The highest BCUT2D eigenvalue weighted by molar-refractivity contribution is 7.91. The van der Waals surface area contributed by atoms with Crippen molar-refractivity contribution in [2.45, 2.75) is 39.7 Å². The SMILES string of the molecule is Cc1oc2cc3oc(=O)c(CC(=O)N[C@H]4CCS(=O)(=O)C4)c(C)c3cc2c1C. The van der Waals surface area contributed by atoms with Crippen molar-refractivity contribution in [3.8, 4) is 0 Å². The van der Waals surface area contributed by atoms with E-state index in [2.05, 4.69) is 5.32 Å². The summed E-state index contributed by atoms with van der Waals surface area (Å²) in [5.41, 5.74) is 2.47. The van der Waals surface area contributed by atoms with Crippen LogP contribution in [0, 0.1) is 20.8 Å². The van der Waals surface area contributed by atoms with Crippen LogP contribution in [0.4, 0.5) is 0 Å². The minimum absolute atomic E-state index is 0.0544. The third-order valence-corrected chi connectivity index (χ3v) is 7.29. The number of hydrogen-bond donors (Lipinski definition) is 1. The lowest BCUT2D eigenvalue weighted by molar-refractivity contribution is -0.121. The number of fused-ring (bicyclic) bond motifs is 2. The Hall–Kier alpha value is -2.61. The molecule has 148 valence electrons. The smallest absolute Gasteiger partial charge is 0.340 e. The van der Waals surface area contributed by atoms with Gasteiger partial charge in [0.05, 0.1) is 23.5 Å². The summed E-state index contributed by atoms with van der Waals surface area (Å²) < 4.78 is 34.2. The van der Waals surface area contributed by atoms with Gasteiger partial charge >= 0.3 is 5.63 Å². The average molecular weight is 403 g/mol. The summed E-state index contributed by atoms with van der Waals surface area (Å²) in [6, 6.07) is 3.22. The zero-order valence-corrected chi connectivity index (χ0v) is 16.7. The molecule has 0 saturated carbocycles. The van der Waals surface area contributed by atoms with Crippen LogP contribution in [-0.4, -0.2) is 31.9 Å². The van der Waals surface area contributed by atoms with E-state index in [4.69, 9.17) is 8.83 Å². The Kier molecular flexibility index (Phi) is 4.33. The van der Waals surface area contributed by atoms with E-state index in [-0.39, 0.29) is 29.4 Å². The molecule has 1 aromatic carbocycles. The van der Waals surface area contributed by atoms with Crippen molar-refractivity contribution in [3.05, 3.63) is 45.0 Å². The van der Waals surface area contributed by atoms with Gasteiger partial charge in [0, 0.05) is 22.9 Å². The van der Waals surface area contributed by atoms with Gasteiger partial charge in [0.1, 0.15) is 16.9 Å². The standard InChI is InChI=1S/C20H21NO6S/c1-10-12(3)26-17-8-18-15(6-14(10)17)11(2)16(20(23)27-18)7-19(22)21-13-4-5-28(24,25)9-13/h6,8,13H,4-5,7,9H2,1-3H3,(H,21,22)/t13-/m0/s1. The van der Waals surface area contributed by atoms with Crippen LogP contribution in [0.25, 0.3) is 21.9 Å². The predicted molar refractivity (Wildman–Crippen MR) is 105 cm³/mol. The van der Waals surface area contributed by atoms with Crippen molar-refractivity contribution in [1.29, 1.82) is 0 Å². The first kappa shape index (κ1) is 18.7. The maximum absolute atomic E-state index is 12.5. The van der Waals surface area contributed by atoms with E-state index in [1.807, 2.05) is 19.9 Å². The molecule has 0 aliphatic carbocycles. The van der Waals surface area contributed by atoms with Gasteiger partial charge in [-0.15, -0.1) is 0 Å². The first-order valence-corrected chi connectivity index (χ1v) is 10.9. The summed E-state index contributed by atoms with van der Waals surface area (Å²) in [4.78, 5) is 24.9. The molecule has 1 fully saturated rings. The van der Waals surface area contributed by atoms with Gasteiger partial charge in [0.15, 0.2) is 9.84 Å². The average Bonchev–Trinajstić information content (AvgIpc) is 3.09. The summed E-state index contributed by atoms with van der Waals surface area (Å²) in [6.07, 6.45) is 0.249. The Morgan fingerprint density at radius 2 is 1.79 bits per heavy atom. The molecule has 4 rings (SSSR count). The van der Waals surface area contributed by atoms with Crippen molar-refractivity contribution < 1.29 is 22.0 Å². The fraction of sp³-hybridized carbons (Fsp3) is 0.400. The quantitative estimate of drug-likeness (QED) is 0.673. The maximum atomic E-state index is 12.5. The highest BCUT2D eigenvalue weighted by atomic mass is 32.2. The molecule has 1 aliphatic rings. The highest BCUT2D eigenvalue weighted by Gasteiger charge is 2.29. The van der Waals surface area contributed by atoms with Gasteiger partial charge in [0.25, 0.3) is 0 Å². The molecule has 7 nitrogen and oxygen atoms in total. The molecule has 1 saturated heterocycles. The summed E-state index contributed by atoms with van der Waals surface area (Å²) >= 11 is 0. The first-order chi connectivity index (χ1) is 13.1. The lowest BCUT2D eigenvalue weighted by Gasteiger charge is -2.12. The van der Waals surface area contributed by atoms with Crippen LogP contribution >= 0.6 is 0 Å². The molecule has 0 spiro atoms. The zero-order valence-electron chi connectivity index (χ0n) is 15.9. The molecule has 1 aliphatic heterocycles. The number of sulfone groups is 1. The molecule has 2 aromatic heterocycles. The van der Waals surface area contributed by atoms with Crippen molar-refractivity contribution in [1.82, 2.24) is 5.32 Å². The van der Waals surface area contributed by atoms with Crippen LogP contribution in [-0.2, 0) is 21.1 Å². The van der Waals surface area contributed by atoms with Gasteiger partial charge in [-0.1, -0.05) is 0 Å². The monoisotopic (exact) mass is 403 g/mol. The highest BCUT2D eigenvalue weighted by Crippen LogP contribution is 2.31. The Morgan fingerprint density at radius 3 is 2.46 bits per heavy atom. The third kappa shape index (κ3) is 3.22. The number of amides is 1. The van der Waals surface area contributed by atoms with Crippen molar-refractivity contribution >= 4 is 37.7 Å². The maximum Gasteiger partial charge on any atom is 0.340 e. The fourth-order valence-electron chi connectivity index (χ4n) is 3.78. The van der Waals surface area contributed by atoms with E-state index in [1.54, 1.807) is 13.0 Å². The first-order valence-electron chi connectivity index (χ1n) is 9.10. The molecule has 3 aromatic rings. The third-order valence-electron chi connectivity index (χ3n) is 5.52. The van der Waals surface area contributed by atoms with Crippen LogP contribution in [0.5, 0.6) is 0 Å². The van der Waals surface area contributed by atoms with E-state index in [0.717, 1.165) is 22.1 Å². The topological polar surface area (TPSA) is 107 Å². The van der Waals surface area contributed by atoms with Gasteiger partial charge in [0.2, 0.25) is 5.91 Å². The van der Waals surface area contributed by atoms with E-state index in [9.17, 15) is 18.0 Å². The lowest BCUT2D eigenvalue weighted by Crippen LogP contribution is -2.37. The number of rotatable bonds is 3. The number of nitrogens with one attached hydrogen (secondary N) is 1. The number of carbonyl (C=O) groups is 1. The molecule has 28 heavy (non-hydrogen) atoms. The predicted octanol–water partition coefficient (Wildman–Crippen LogP) is 2.31. The Balaban J connectivity index is 1.69. The Bertz CT molecular complexity index is 1280. The van der Waals surface area contributed by atoms with Crippen molar-refractivity contribution in [2.24, 2.45) is 0 Å². The second kappa shape index (κ2) is 6.48. The van der Waals surface area contributed by atoms with Gasteiger partial charge in [-0.3, -0.25) is 4.79 Å². The number of aryl methyl sites for hydroxylation is 3. The number of benzene rings is 1. The molecule has 1 N–H and O–H groups in total. The molecule has 3 heterocycles. The zero-order chi connectivity index (χ0) is 20.2. The van der Waals surface area contributed by atoms with Gasteiger partial charge in [-0.2, -0.15) is 0 Å². The van der Waals surface area contributed by atoms with Crippen LogP contribution in [0.1, 0.15) is 28.9 Å². The van der Waals surface area contributed by atoms with Crippen molar-refractivity contribution in [3.63, 3.8) is 0 Å². The van der Waals surface area contributed by atoms with E-state index in [0.29, 0.717) is 23.2 Å². The molecular weight excluding hydrogens is 382 g/mol. The molecule has 8 heteroatoms. The summed E-state index contributed by atoms with van der Waals surface area (Å²) in [5.74, 6) is 0.445. The second-order valence-corrected chi connectivity index (χ2v) is 9.69. The largest absolute Gasteiger partial charge is 0.461 e. The number of carbonyl (C=O) groups excluding carboxylic acids is 1. The molecule has 1 atom stereocenters. The van der Waals surface area contributed by atoms with Crippen LogP contribution in [0.2, 0.25) is 0 Å². The minimum Gasteiger partial charge on any atom is -0.461 e. The minimum atomic E-state index is -3.09. The normalized spacial score (nSPS) is 18.8. The van der Waals surface area contributed by atoms with Crippen LogP contribution < -0.4 is 10.9 Å². The molecule has 0 radical (unpaired) electrons. The van der Waals surface area contributed by atoms with E-state index < -0.39 is 21.5 Å². The molecule has 0 bridgehead atoms. The summed E-state index contributed by atoms with van der Waals surface area (Å²) in [5, 5.41) is 4.40. The van der Waals surface area contributed by atoms with Gasteiger partial charge in [-0.25, -0.2) is 13.2 Å².